The Morgan fingerprint density at radius 2 is 1.52 bits per heavy atom. The first-order valence-electron chi connectivity index (χ1n) is 10.3. The lowest BCUT2D eigenvalue weighted by Crippen LogP contribution is -2.66. The maximum atomic E-state index is 13.5. The van der Waals surface area contributed by atoms with E-state index in [9.17, 15) is 19.5 Å². The molecule has 160 valence electrons. The van der Waals surface area contributed by atoms with Gasteiger partial charge < -0.3 is 9.84 Å². The molecule has 31 heavy (non-hydrogen) atoms. The predicted octanol–water partition coefficient (Wildman–Crippen LogP) is 2.93. The van der Waals surface area contributed by atoms with Crippen molar-refractivity contribution in [3.05, 3.63) is 71.8 Å². The van der Waals surface area contributed by atoms with Gasteiger partial charge in [-0.05, 0) is 25.0 Å². The van der Waals surface area contributed by atoms with Crippen molar-refractivity contribution in [2.45, 2.75) is 24.9 Å². The van der Waals surface area contributed by atoms with Crippen molar-refractivity contribution >= 4 is 29.1 Å². The third kappa shape index (κ3) is 3.21. The summed E-state index contributed by atoms with van der Waals surface area (Å²) in [4.78, 5) is 43.1. The lowest BCUT2D eigenvalue weighted by atomic mass is 9.91. The number of aliphatic hydroxyl groups is 1. The largest absolute Gasteiger partial charge is 0.507 e. The van der Waals surface area contributed by atoms with E-state index in [0.717, 1.165) is 19.3 Å². The summed E-state index contributed by atoms with van der Waals surface area (Å²) in [7, 11) is 1.22. The molecular weight excluding hydrogens is 396 g/mol. The van der Waals surface area contributed by atoms with E-state index in [1.807, 2.05) is 0 Å². The smallest absolute Gasteiger partial charge is 0.352 e. The number of esters is 1. The Hall–Kier alpha value is -3.45. The van der Waals surface area contributed by atoms with Gasteiger partial charge >= 0.3 is 11.9 Å². The van der Waals surface area contributed by atoms with E-state index in [0.29, 0.717) is 24.3 Å². The second-order valence-electron chi connectivity index (χ2n) is 7.61. The fourth-order valence-corrected chi connectivity index (χ4v) is 4.50. The molecule has 2 aromatic rings. The number of benzene rings is 2. The molecule has 0 aromatic heterocycles. The molecule has 1 N–H and O–H groups in total. The Balaban J connectivity index is 2.06. The molecule has 1 atom stereocenters. The summed E-state index contributed by atoms with van der Waals surface area (Å²) in [5.74, 6) is -2.97. The Bertz CT molecular complexity index is 1030. The molecule has 2 aliphatic rings. The van der Waals surface area contributed by atoms with Crippen LogP contribution in [-0.4, -0.2) is 53.5 Å². The minimum Gasteiger partial charge on any atom is -0.507 e. The topological polar surface area (TPSA) is 87.1 Å². The predicted molar refractivity (Wildman–Crippen MR) is 115 cm³/mol. The van der Waals surface area contributed by atoms with Crippen molar-refractivity contribution in [1.82, 2.24) is 4.90 Å². The average Bonchev–Trinajstić information content (AvgIpc) is 3.07. The molecule has 4 rings (SSSR count). The number of methoxy groups -OCH3 is 1. The molecule has 2 aliphatic heterocycles. The highest BCUT2D eigenvalue weighted by Crippen LogP contribution is 2.44. The van der Waals surface area contributed by atoms with Crippen molar-refractivity contribution in [1.29, 1.82) is 0 Å². The van der Waals surface area contributed by atoms with Gasteiger partial charge in [0.2, 0.25) is 5.66 Å². The lowest BCUT2D eigenvalue weighted by Gasteiger charge is -2.45. The summed E-state index contributed by atoms with van der Waals surface area (Å²) >= 11 is 0. The van der Waals surface area contributed by atoms with E-state index in [1.165, 1.54) is 12.0 Å². The number of ketones is 1. The number of piperidine rings is 1. The van der Waals surface area contributed by atoms with Crippen molar-refractivity contribution < 1.29 is 24.2 Å². The summed E-state index contributed by atoms with van der Waals surface area (Å²) in [6.07, 6.45) is 2.57. The highest BCUT2D eigenvalue weighted by Gasteiger charge is 2.66. The Morgan fingerprint density at radius 1 is 0.935 bits per heavy atom. The van der Waals surface area contributed by atoms with Crippen LogP contribution in [0.25, 0.3) is 5.76 Å². The van der Waals surface area contributed by atoms with Crippen LogP contribution < -0.4 is 4.90 Å². The van der Waals surface area contributed by atoms with Gasteiger partial charge in [-0.25, -0.2) is 4.79 Å². The van der Waals surface area contributed by atoms with Gasteiger partial charge in [0.25, 0.3) is 5.78 Å². The van der Waals surface area contributed by atoms with E-state index in [2.05, 4.69) is 0 Å². The van der Waals surface area contributed by atoms with Crippen molar-refractivity contribution in [2.75, 3.05) is 25.1 Å². The summed E-state index contributed by atoms with van der Waals surface area (Å²) in [6, 6.07) is 17.0. The third-order valence-corrected chi connectivity index (χ3v) is 5.88. The monoisotopic (exact) mass is 420 g/mol. The summed E-state index contributed by atoms with van der Waals surface area (Å²) in [5.41, 5.74) is -1.42. The number of hydrogen-bond acceptors (Lipinski definition) is 6. The zero-order chi connectivity index (χ0) is 22.0. The molecule has 0 bridgehead atoms. The Kier molecular flexibility index (Phi) is 5.61. The summed E-state index contributed by atoms with van der Waals surface area (Å²) in [6.45, 7) is 0.953. The number of ether oxygens (including phenoxy) is 1. The molecule has 0 saturated carbocycles. The van der Waals surface area contributed by atoms with Gasteiger partial charge in [-0.3, -0.25) is 19.4 Å². The highest BCUT2D eigenvalue weighted by molar-refractivity contribution is 6.54. The fourth-order valence-electron chi connectivity index (χ4n) is 4.50. The molecule has 1 amide bonds. The SMILES string of the molecule is COC(=O)C1(N2CCCCC2)C(=C(O)c2ccccc2)C(=O)C(=O)N1c1ccccc1. The van der Waals surface area contributed by atoms with Crippen LogP contribution in [0.5, 0.6) is 0 Å². The number of rotatable bonds is 4. The lowest BCUT2D eigenvalue weighted by molar-refractivity contribution is -0.153. The minimum atomic E-state index is -1.88. The van der Waals surface area contributed by atoms with Gasteiger partial charge in [0.1, 0.15) is 11.3 Å². The molecule has 7 heteroatoms. The van der Waals surface area contributed by atoms with Gasteiger partial charge in [0.15, 0.2) is 0 Å². The van der Waals surface area contributed by atoms with Crippen molar-refractivity contribution in [3.8, 4) is 0 Å². The number of carbonyl (C=O) groups is 3. The van der Waals surface area contributed by atoms with Crippen LogP contribution >= 0.6 is 0 Å². The summed E-state index contributed by atoms with van der Waals surface area (Å²) < 4.78 is 5.18. The normalized spacial score (nSPS) is 23.7. The maximum absolute atomic E-state index is 13.5. The Morgan fingerprint density at radius 3 is 2.10 bits per heavy atom. The third-order valence-electron chi connectivity index (χ3n) is 5.88. The zero-order valence-corrected chi connectivity index (χ0v) is 17.3. The van der Waals surface area contributed by atoms with Crippen LogP contribution in [0.15, 0.2) is 66.2 Å². The standard InChI is InChI=1S/C24H24N2O5/c1-31-23(30)24(25-15-9-4-10-16-25)19(20(27)17-11-5-2-6-12-17)21(28)22(29)26(24)18-13-7-3-8-14-18/h2-3,5-8,11-14,27H,4,9-10,15-16H2,1H3. The van der Waals surface area contributed by atoms with E-state index >= 15 is 0 Å². The maximum Gasteiger partial charge on any atom is 0.352 e. The van der Waals surface area contributed by atoms with E-state index in [4.69, 9.17) is 4.74 Å². The molecule has 2 heterocycles. The van der Waals surface area contributed by atoms with E-state index in [1.54, 1.807) is 65.6 Å². The first-order chi connectivity index (χ1) is 15.0. The first kappa shape index (κ1) is 20.8. The van der Waals surface area contributed by atoms with Gasteiger partial charge in [0.05, 0.1) is 7.11 Å². The van der Waals surface area contributed by atoms with E-state index < -0.39 is 29.1 Å². The van der Waals surface area contributed by atoms with Crippen LogP contribution in [0.4, 0.5) is 5.69 Å². The number of aliphatic hydroxyl groups excluding tert-OH is 1. The number of amides is 1. The highest BCUT2D eigenvalue weighted by atomic mass is 16.5. The molecule has 0 spiro atoms. The quantitative estimate of drug-likeness (QED) is 0.354. The van der Waals surface area contributed by atoms with Crippen LogP contribution in [0.1, 0.15) is 24.8 Å². The first-order valence-corrected chi connectivity index (χ1v) is 10.3. The van der Waals surface area contributed by atoms with Gasteiger partial charge in [-0.1, -0.05) is 55.0 Å². The number of para-hydroxylation sites is 1. The van der Waals surface area contributed by atoms with Crippen molar-refractivity contribution in [2.24, 2.45) is 0 Å². The van der Waals surface area contributed by atoms with Gasteiger partial charge in [0, 0.05) is 24.3 Å². The zero-order valence-electron chi connectivity index (χ0n) is 17.3. The van der Waals surface area contributed by atoms with Crippen LogP contribution in [0.3, 0.4) is 0 Å². The number of nitrogens with zero attached hydrogens (tertiary/aromatic N) is 2. The molecule has 2 aromatic carbocycles. The number of Topliss-reactive ketones (excluding diaryl/α,β-unsaturated/α-hetero) is 1. The number of likely N-dealkylation sites (tertiary alicyclic amines) is 1. The van der Waals surface area contributed by atoms with Crippen molar-refractivity contribution in [3.63, 3.8) is 0 Å². The minimum absolute atomic E-state index is 0.263. The van der Waals surface area contributed by atoms with E-state index in [-0.39, 0.29) is 5.57 Å². The Labute approximate surface area is 180 Å². The number of carbonyl (C=O) groups excluding carboxylic acids is 3. The van der Waals surface area contributed by atoms with Crippen LogP contribution in [0, 0.1) is 0 Å². The summed E-state index contributed by atoms with van der Waals surface area (Å²) in [5, 5.41) is 11.2. The van der Waals surface area contributed by atoms with Crippen LogP contribution in [0.2, 0.25) is 0 Å². The molecule has 0 aliphatic carbocycles. The molecule has 0 radical (unpaired) electrons. The second-order valence-corrected chi connectivity index (χ2v) is 7.61. The number of hydrogen-bond donors (Lipinski definition) is 1. The molecule has 1 unspecified atom stereocenters. The molecular formula is C24H24N2O5. The average molecular weight is 420 g/mol. The van der Waals surface area contributed by atoms with Gasteiger partial charge in [-0.2, -0.15) is 0 Å². The number of anilines is 1. The fraction of sp³-hybridized carbons (Fsp3) is 0.292. The van der Waals surface area contributed by atoms with Crippen LogP contribution in [-0.2, 0) is 19.1 Å². The van der Waals surface area contributed by atoms with Gasteiger partial charge in [-0.15, -0.1) is 0 Å². The molecule has 7 nitrogen and oxygen atoms in total. The molecule has 2 saturated heterocycles. The molecule has 2 fully saturated rings. The second kappa shape index (κ2) is 8.35.